The number of thiocarbonyl (C=S) groups is 1. The summed E-state index contributed by atoms with van der Waals surface area (Å²) in [6.45, 7) is 9.04. The van der Waals surface area contributed by atoms with E-state index in [0.29, 0.717) is 26.3 Å². The number of rotatable bonds is 5. The van der Waals surface area contributed by atoms with Crippen molar-refractivity contribution in [3.8, 4) is 0 Å². The van der Waals surface area contributed by atoms with Crippen LogP contribution in [-0.2, 0) is 4.79 Å². The van der Waals surface area contributed by atoms with Gasteiger partial charge in [-0.05, 0) is 50.1 Å². The number of piperazine rings is 1. The highest BCUT2D eigenvalue weighted by Crippen LogP contribution is 2.35. The Kier molecular flexibility index (Phi) is 6.85. The van der Waals surface area contributed by atoms with Crippen LogP contribution < -0.4 is 15.4 Å². The molecule has 0 aliphatic carbocycles. The molecule has 0 saturated carbocycles. The Bertz CT molecular complexity index is 1410. The summed E-state index contributed by atoms with van der Waals surface area (Å²) in [5.41, 5.74) is 2.99. The molecule has 0 N–H and O–H groups in total. The van der Waals surface area contributed by atoms with Crippen molar-refractivity contribution in [2.24, 2.45) is 0 Å². The van der Waals surface area contributed by atoms with Gasteiger partial charge in [0.1, 0.15) is 15.8 Å². The fraction of sp³-hybridized carbons (Fsp3) is 0.333. The number of amides is 1. The van der Waals surface area contributed by atoms with Gasteiger partial charge in [-0.1, -0.05) is 55.2 Å². The molecule has 0 unspecified atom stereocenters. The van der Waals surface area contributed by atoms with Crippen molar-refractivity contribution in [1.29, 1.82) is 0 Å². The third kappa shape index (κ3) is 4.41. The zero-order valence-electron chi connectivity index (χ0n) is 20.7. The summed E-state index contributed by atoms with van der Waals surface area (Å²) >= 11 is 6.77. The predicted octanol–water partition coefficient (Wildman–Crippen LogP) is 4.33. The highest BCUT2D eigenvalue weighted by molar-refractivity contribution is 8.26. The summed E-state index contributed by atoms with van der Waals surface area (Å²) in [6, 6.07) is 14.1. The van der Waals surface area contributed by atoms with Gasteiger partial charge in [0.2, 0.25) is 0 Å². The maximum absolute atomic E-state index is 13.8. The molecule has 2 saturated heterocycles. The number of pyridine rings is 1. The molecule has 3 aromatic rings. The van der Waals surface area contributed by atoms with Crippen molar-refractivity contribution in [2.45, 2.75) is 33.2 Å². The lowest BCUT2D eigenvalue weighted by atomic mass is 10.2. The molecule has 0 bridgehead atoms. The molecule has 2 aliphatic heterocycles. The lowest BCUT2D eigenvalue weighted by molar-refractivity contribution is -0.123. The Morgan fingerprint density at radius 1 is 1.06 bits per heavy atom. The van der Waals surface area contributed by atoms with Crippen molar-refractivity contribution >= 4 is 57.4 Å². The van der Waals surface area contributed by atoms with E-state index in [9.17, 15) is 9.59 Å². The first kappa shape index (κ1) is 24.5. The zero-order valence-corrected chi connectivity index (χ0v) is 22.3. The molecule has 36 heavy (non-hydrogen) atoms. The van der Waals surface area contributed by atoms with E-state index in [1.165, 1.54) is 17.4 Å². The Labute approximate surface area is 220 Å². The van der Waals surface area contributed by atoms with E-state index in [-0.39, 0.29) is 17.5 Å². The highest BCUT2D eigenvalue weighted by atomic mass is 32.2. The number of para-hydroxylation sites is 1. The molecule has 0 spiro atoms. The van der Waals surface area contributed by atoms with E-state index < -0.39 is 0 Å². The van der Waals surface area contributed by atoms with E-state index in [0.717, 1.165) is 38.2 Å². The van der Waals surface area contributed by atoms with Crippen molar-refractivity contribution in [3.63, 3.8) is 0 Å². The molecule has 1 aromatic carbocycles. The van der Waals surface area contributed by atoms with Gasteiger partial charge in [0.25, 0.3) is 11.5 Å². The van der Waals surface area contributed by atoms with E-state index >= 15 is 0 Å². The average molecular weight is 520 g/mol. The number of aryl methyl sites for hydroxylation is 1. The largest absolute Gasteiger partial charge is 0.368 e. The lowest BCUT2D eigenvalue weighted by Crippen LogP contribution is -2.47. The Morgan fingerprint density at radius 2 is 1.75 bits per heavy atom. The first-order chi connectivity index (χ1) is 17.4. The predicted molar refractivity (Wildman–Crippen MR) is 152 cm³/mol. The quantitative estimate of drug-likeness (QED) is 0.367. The molecule has 186 valence electrons. The molecule has 1 amide bonds. The molecule has 1 atom stereocenters. The van der Waals surface area contributed by atoms with Crippen LogP contribution in [0.25, 0.3) is 11.7 Å². The maximum Gasteiger partial charge on any atom is 0.267 e. The Balaban J connectivity index is 1.56. The third-order valence-electron chi connectivity index (χ3n) is 6.90. The summed E-state index contributed by atoms with van der Waals surface area (Å²) in [5.74, 6) is 0.476. The van der Waals surface area contributed by atoms with Gasteiger partial charge in [-0.2, -0.15) is 0 Å². The molecular formula is C27H29N5O2S2. The number of fused-ring (bicyclic) bond motifs is 1. The molecule has 9 heteroatoms. The second-order valence-electron chi connectivity index (χ2n) is 9.16. The van der Waals surface area contributed by atoms with Crippen LogP contribution in [0.4, 0.5) is 11.5 Å². The van der Waals surface area contributed by atoms with E-state index in [2.05, 4.69) is 21.9 Å². The molecule has 2 aromatic heterocycles. The summed E-state index contributed by atoms with van der Waals surface area (Å²) < 4.78 is 2.10. The molecule has 2 aliphatic rings. The van der Waals surface area contributed by atoms with Crippen LogP contribution in [0.5, 0.6) is 0 Å². The van der Waals surface area contributed by atoms with Crippen molar-refractivity contribution < 1.29 is 4.79 Å². The molecule has 4 heterocycles. The van der Waals surface area contributed by atoms with Gasteiger partial charge in [0, 0.05) is 44.1 Å². The minimum Gasteiger partial charge on any atom is -0.368 e. The number of nitrogens with zero attached hydrogens (tertiary/aromatic N) is 5. The van der Waals surface area contributed by atoms with Crippen LogP contribution in [0.15, 0.2) is 58.4 Å². The first-order valence-corrected chi connectivity index (χ1v) is 13.5. The van der Waals surface area contributed by atoms with Gasteiger partial charge >= 0.3 is 0 Å². The van der Waals surface area contributed by atoms with E-state index in [1.807, 2.05) is 51.1 Å². The van der Waals surface area contributed by atoms with Crippen LogP contribution >= 0.6 is 24.0 Å². The van der Waals surface area contributed by atoms with Crippen LogP contribution in [-0.4, -0.2) is 56.7 Å². The first-order valence-electron chi connectivity index (χ1n) is 12.2. The van der Waals surface area contributed by atoms with Crippen LogP contribution in [0.1, 0.15) is 31.4 Å². The SMILES string of the molecule is CC[C@H](C)N1C(=O)/C(=C/c2c(N3CCN(c4ccccc4)CC3)nc3c(C)cccn3c2=O)SC1=S. The topological polar surface area (TPSA) is 61.2 Å². The second-order valence-corrected chi connectivity index (χ2v) is 10.8. The highest BCUT2D eigenvalue weighted by Gasteiger charge is 2.35. The van der Waals surface area contributed by atoms with Crippen LogP contribution in [0.3, 0.4) is 0 Å². The minimum absolute atomic E-state index is 0.00686. The molecule has 7 nitrogen and oxygen atoms in total. The Hall–Kier alpha value is -3.17. The Morgan fingerprint density at radius 3 is 2.44 bits per heavy atom. The normalized spacial score (nSPS) is 18.5. The van der Waals surface area contributed by atoms with Gasteiger partial charge in [0.05, 0.1) is 10.5 Å². The average Bonchev–Trinajstić information content (AvgIpc) is 3.18. The van der Waals surface area contributed by atoms with Gasteiger partial charge in [-0.3, -0.25) is 18.9 Å². The molecule has 0 radical (unpaired) electrons. The number of carbonyl (C=O) groups excluding carboxylic acids is 1. The second kappa shape index (κ2) is 10.1. The number of hydrogen-bond acceptors (Lipinski definition) is 7. The smallest absolute Gasteiger partial charge is 0.267 e. The number of benzene rings is 1. The zero-order chi connectivity index (χ0) is 25.4. The molecular weight excluding hydrogens is 490 g/mol. The minimum atomic E-state index is -0.182. The number of thioether (sulfide) groups is 1. The van der Waals surface area contributed by atoms with Crippen molar-refractivity contribution in [3.05, 3.63) is 75.0 Å². The fourth-order valence-corrected chi connectivity index (χ4v) is 6.10. The maximum atomic E-state index is 13.8. The van der Waals surface area contributed by atoms with Gasteiger partial charge in [-0.15, -0.1) is 0 Å². The van der Waals surface area contributed by atoms with Crippen molar-refractivity contribution in [2.75, 3.05) is 36.0 Å². The number of hydrogen-bond donors (Lipinski definition) is 0. The molecule has 5 rings (SSSR count). The third-order valence-corrected chi connectivity index (χ3v) is 8.23. The summed E-state index contributed by atoms with van der Waals surface area (Å²) in [5, 5.41) is 0. The lowest BCUT2D eigenvalue weighted by Gasteiger charge is -2.37. The van der Waals surface area contributed by atoms with E-state index in [1.54, 1.807) is 21.6 Å². The molecule has 2 fully saturated rings. The van der Waals surface area contributed by atoms with Gasteiger partial charge in [0.15, 0.2) is 0 Å². The summed E-state index contributed by atoms with van der Waals surface area (Å²) in [6.07, 6.45) is 4.23. The monoisotopic (exact) mass is 519 g/mol. The van der Waals surface area contributed by atoms with Gasteiger partial charge in [-0.25, -0.2) is 4.98 Å². The summed E-state index contributed by atoms with van der Waals surface area (Å²) in [4.78, 5) is 38.6. The van der Waals surface area contributed by atoms with Gasteiger partial charge < -0.3 is 9.80 Å². The van der Waals surface area contributed by atoms with Crippen molar-refractivity contribution in [1.82, 2.24) is 14.3 Å². The number of carbonyl (C=O) groups is 1. The van der Waals surface area contributed by atoms with Crippen LogP contribution in [0.2, 0.25) is 0 Å². The number of aromatic nitrogens is 2. The standard InChI is InChI=1S/C27H29N5O2S2/c1-4-19(3)32-26(34)22(36-27(32)35)17-21-24(28-23-18(2)9-8-12-31(23)25(21)33)30-15-13-29(14-16-30)20-10-6-5-7-11-20/h5-12,17,19H,4,13-16H2,1-3H3/b22-17-/t19-/m0/s1. The van der Waals surface area contributed by atoms with E-state index in [4.69, 9.17) is 17.2 Å². The fourth-order valence-electron chi connectivity index (χ4n) is 4.66. The van der Waals surface area contributed by atoms with Crippen LogP contribution in [0, 0.1) is 6.92 Å². The summed E-state index contributed by atoms with van der Waals surface area (Å²) in [7, 11) is 0. The number of anilines is 2.